The average molecular weight is 580 g/mol. The summed E-state index contributed by atoms with van der Waals surface area (Å²) in [6.45, 7) is 0. The molecule has 0 aliphatic carbocycles. The number of benzene rings is 10. The van der Waals surface area contributed by atoms with Crippen LogP contribution in [0, 0.1) is 0 Å². The van der Waals surface area contributed by atoms with Crippen LogP contribution in [-0.4, -0.2) is 0 Å². The van der Waals surface area contributed by atoms with Crippen molar-refractivity contribution >= 4 is 64.6 Å². The van der Waals surface area contributed by atoms with Gasteiger partial charge in [-0.3, -0.25) is 0 Å². The smallest absolute Gasteiger partial charge is 0.0610 e. The second-order valence-corrected chi connectivity index (χ2v) is 10.1. The zero-order valence-corrected chi connectivity index (χ0v) is 22.1. The van der Waals surface area contributed by atoms with Gasteiger partial charge in [0.2, 0.25) is 0 Å². The first-order valence-electron chi connectivity index (χ1n) is 25.8. The first kappa shape index (κ1) is 10.2. The minimum Gasteiger partial charge on any atom is -0.0610 e. The molecule has 0 radical (unpaired) electrons. The minimum absolute atomic E-state index is 0.0836. The summed E-state index contributed by atoms with van der Waals surface area (Å²) < 4.78 is 224. The van der Waals surface area contributed by atoms with Crippen molar-refractivity contribution in [3.05, 3.63) is 157 Å². The van der Waals surface area contributed by atoms with Gasteiger partial charge in [-0.2, -0.15) is 0 Å². The second kappa shape index (κ2) is 8.89. The van der Waals surface area contributed by atoms with Crippen molar-refractivity contribution in [2.75, 3.05) is 0 Å². The molecule has 0 saturated heterocycles. The Bertz CT molecular complexity index is 4070. The van der Waals surface area contributed by atoms with E-state index in [1.807, 2.05) is 0 Å². The largest absolute Gasteiger partial charge is 0.0636 e. The number of rotatable bonds is 3. The standard InChI is InChI=1S/C44H26/c1-4-29-14-16-33-18-22-37(39-24-20-31(6-1)41(29)43(33)39)28-12-10-27(11-13-28)35-8-3-9-36(26-35)38-23-19-34-17-15-30-5-2-7-32-21-25-40(38)44(34)42(30)32/h1-26H/i1D,2D,3D,4D,5D,6D,7D,8D,9D,10D,11D,12D,13D,14D,15D,16D,17D,18D,19D,20D,22D,23D,24D,25D,26D. The van der Waals surface area contributed by atoms with Crippen LogP contribution in [0.4, 0.5) is 0 Å². The van der Waals surface area contributed by atoms with E-state index in [9.17, 15) is 12.3 Å². The summed E-state index contributed by atoms with van der Waals surface area (Å²) in [6, 6.07) is -18.2. The van der Waals surface area contributed by atoms with E-state index < -0.39 is 195 Å². The maximum absolute atomic E-state index is 9.58. The Balaban J connectivity index is 1.33. The van der Waals surface area contributed by atoms with Gasteiger partial charge in [0.1, 0.15) is 0 Å². The van der Waals surface area contributed by atoms with Crippen LogP contribution in [-0.2, 0) is 0 Å². The van der Waals surface area contributed by atoms with Crippen LogP contribution in [0.2, 0.25) is 0 Å². The summed E-state index contributed by atoms with van der Waals surface area (Å²) in [7, 11) is 0. The van der Waals surface area contributed by atoms with Crippen molar-refractivity contribution in [2.45, 2.75) is 0 Å². The van der Waals surface area contributed by atoms with E-state index in [2.05, 4.69) is 0 Å². The first-order chi connectivity index (χ1) is 32.3. The number of hydrogen-bond donors (Lipinski definition) is 0. The van der Waals surface area contributed by atoms with Gasteiger partial charge in [0.25, 0.3) is 0 Å². The lowest BCUT2D eigenvalue weighted by atomic mass is 9.88. The summed E-state index contributed by atoms with van der Waals surface area (Å²) in [5, 5.41) is -3.42. The normalized spacial score (nSPS) is 20.0. The topological polar surface area (TPSA) is 0 Å². The Labute approximate surface area is 290 Å². The van der Waals surface area contributed by atoms with E-state index >= 15 is 0 Å². The third-order valence-electron chi connectivity index (χ3n) is 7.70. The Morgan fingerprint density at radius 2 is 0.750 bits per heavy atom. The zero-order valence-electron chi connectivity index (χ0n) is 47.1. The fourth-order valence-corrected chi connectivity index (χ4v) is 5.73. The van der Waals surface area contributed by atoms with Crippen molar-refractivity contribution in [3.63, 3.8) is 0 Å². The summed E-state index contributed by atoms with van der Waals surface area (Å²) in [4.78, 5) is 0. The fraction of sp³-hybridized carbons (Fsp3) is 0. The molecule has 10 rings (SSSR count). The molecular formula is C44H26. The van der Waals surface area contributed by atoms with E-state index in [-0.39, 0.29) is 53.9 Å². The predicted molar refractivity (Wildman–Crippen MR) is 190 cm³/mol. The molecule has 0 saturated carbocycles. The monoisotopic (exact) mass is 579 g/mol. The van der Waals surface area contributed by atoms with Crippen molar-refractivity contribution in [2.24, 2.45) is 0 Å². The third kappa shape index (κ3) is 3.34. The molecule has 0 nitrogen and oxygen atoms in total. The van der Waals surface area contributed by atoms with E-state index in [1.54, 1.807) is 0 Å². The molecule has 0 bridgehead atoms. The highest BCUT2D eigenvalue weighted by Gasteiger charge is 2.14. The average Bonchev–Trinajstić information content (AvgIpc) is 3.30. The maximum Gasteiger partial charge on any atom is 0.0636 e. The van der Waals surface area contributed by atoms with E-state index in [0.29, 0.717) is 0 Å². The molecule has 0 atom stereocenters. The first-order valence-corrected chi connectivity index (χ1v) is 13.3. The molecule has 0 N–H and O–H groups in total. The van der Waals surface area contributed by atoms with Gasteiger partial charge < -0.3 is 0 Å². The van der Waals surface area contributed by atoms with Crippen LogP contribution in [0.25, 0.3) is 98.0 Å². The summed E-state index contributed by atoms with van der Waals surface area (Å²) >= 11 is 0. The molecule has 202 valence electrons. The lowest BCUT2D eigenvalue weighted by Crippen LogP contribution is -1.88. The molecule has 0 heterocycles. The van der Waals surface area contributed by atoms with Crippen molar-refractivity contribution in [3.8, 4) is 33.4 Å². The van der Waals surface area contributed by atoms with Crippen LogP contribution in [0.15, 0.2) is 157 Å². The maximum atomic E-state index is 9.58. The van der Waals surface area contributed by atoms with E-state index in [0.717, 1.165) is 6.07 Å². The molecule has 0 fully saturated rings. The molecular weight excluding hydrogens is 528 g/mol. The molecule has 10 aromatic carbocycles. The van der Waals surface area contributed by atoms with Gasteiger partial charge in [0, 0.05) is 0 Å². The van der Waals surface area contributed by atoms with E-state index in [4.69, 9.17) is 21.9 Å². The van der Waals surface area contributed by atoms with Gasteiger partial charge in [-0.05, 0) is 104 Å². The van der Waals surface area contributed by atoms with Crippen LogP contribution in [0.3, 0.4) is 0 Å². The van der Waals surface area contributed by atoms with E-state index in [1.165, 1.54) is 0 Å². The molecule has 0 aliphatic rings. The van der Waals surface area contributed by atoms with Gasteiger partial charge in [-0.1, -0.05) is 151 Å². The summed E-state index contributed by atoms with van der Waals surface area (Å²) in [5.41, 5.74) is -4.16. The highest BCUT2D eigenvalue weighted by Crippen LogP contribution is 2.41. The minimum atomic E-state index is -1.01. The quantitative estimate of drug-likeness (QED) is 0.183. The van der Waals surface area contributed by atoms with Crippen molar-refractivity contribution in [1.82, 2.24) is 0 Å². The zero-order chi connectivity index (χ0) is 50.5. The Kier molecular flexibility index (Phi) is 2.06. The van der Waals surface area contributed by atoms with Gasteiger partial charge in [0.05, 0.1) is 34.3 Å². The molecule has 0 aromatic heterocycles. The third-order valence-corrected chi connectivity index (χ3v) is 7.70. The van der Waals surface area contributed by atoms with Crippen LogP contribution < -0.4 is 0 Å². The van der Waals surface area contributed by atoms with Gasteiger partial charge in [-0.25, -0.2) is 0 Å². The molecule has 10 aromatic rings. The van der Waals surface area contributed by atoms with Crippen molar-refractivity contribution in [1.29, 1.82) is 0 Å². The Hall–Kier alpha value is -5.72. The molecule has 0 spiro atoms. The molecule has 0 heteroatoms. The predicted octanol–water partition coefficient (Wildman–Crippen LogP) is 12.5. The summed E-state index contributed by atoms with van der Waals surface area (Å²) in [6.07, 6.45) is 0. The molecule has 0 unspecified atom stereocenters. The molecule has 0 aliphatic heterocycles. The van der Waals surface area contributed by atoms with Crippen LogP contribution in [0.5, 0.6) is 0 Å². The lowest BCUT2D eigenvalue weighted by Gasteiger charge is -2.15. The fourth-order valence-electron chi connectivity index (χ4n) is 5.73. The van der Waals surface area contributed by atoms with Crippen molar-refractivity contribution < 1.29 is 34.3 Å². The molecule has 0 amide bonds. The Morgan fingerprint density at radius 1 is 0.295 bits per heavy atom. The highest BCUT2D eigenvalue weighted by molar-refractivity contribution is 6.26. The lowest BCUT2D eigenvalue weighted by molar-refractivity contribution is 1.60. The van der Waals surface area contributed by atoms with Crippen LogP contribution in [0.1, 0.15) is 34.3 Å². The summed E-state index contributed by atoms with van der Waals surface area (Å²) in [5.74, 6) is 0. The van der Waals surface area contributed by atoms with Crippen LogP contribution >= 0.6 is 0 Å². The molecule has 44 heavy (non-hydrogen) atoms. The van der Waals surface area contributed by atoms with Gasteiger partial charge >= 0.3 is 0 Å². The van der Waals surface area contributed by atoms with Gasteiger partial charge in [-0.15, -0.1) is 0 Å². The van der Waals surface area contributed by atoms with Gasteiger partial charge in [0.15, 0.2) is 0 Å². The Morgan fingerprint density at radius 3 is 1.43 bits per heavy atom. The highest BCUT2D eigenvalue weighted by atomic mass is 14.2. The number of hydrogen-bond acceptors (Lipinski definition) is 0. The SMILES string of the molecule is [2H]c1c([2H])c(-c2c([2H])c([2H])c(-c3c([2H])c([2H])c4c([2H])c([2H])c5c([2H])c([2H])c([2H])c6c([2H])c([2H])c3c4c56)c([2H])c2[2H])c([2H])c(-c2c([2H])c([2H])c3c([2H])c([2H])c4c([2H])c([2H])c([2H])c5cc([2H])c2c3c54)c1[2H]. The second-order valence-electron chi connectivity index (χ2n) is 10.1.